The number of likely N-dealkylation sites (tertiary alicyclic amines) is 1. The van der Waals surface area contributed by atoms with E-state index in [-0.39, 0.29) is 17.7 Å². The summed E-state index contributed by atoms with van der Waals surface area (Å²) >= 11 is 0. The normalized spacial score (nSPS) is 20.1. The van der Waals surface area contributed by atoms with Crippen LogP contribution in [-0.2, 0) is 0 Å². The number of carbonyl (C=O) groups excluding carboxylic acids is 1. The zero-order chi connectivity index (χ0) is 13.8. The summed E-state index contributed by atoms with van der Waals surface area (Å²) in [5.41, 5.74) is 7.03. The van der Waals surface area contributed by atoms with Crippen LogP contribution in [-0.4, -0.2) is 35.0 Å². The van der Waals surface area contributed by atoms with Crippen LogP contribution in [0.25, 0.3) is 0 Å². The quantitative estimate of drug-likeness (QED) is 0.857. The Balaban J connectivity index is 2.28. The Hall–Kier alpha value is -1.55. The number of amides is 1. The highest BCUT2D eigenvalue weighted by molar-refractivity contribution is 5.96. The SMILES string of the molecule is Cc1c(O)cccc1C(=O)N1CCCCCC1CN. The van der Waals surface area contributed by atoms with Gasteiger partial charge in [-0.1, -0.05) is 18.9 Å². The minimum Gasteiger partial charge on any atom is -0.508 e. The topological polar surface area (TPSA) is 66.6 Å². The highest BCUT2D eigenvalue weighted by Crippen LogP contribution is 2.24. The molecule has 0 spiro atoms. The van der Waals surface area contributed by atoms with Gasteiger partial charge in [-0.3, -0.25) is 4.79 Å². The van der Waals surface area contributed by atoms with Gasteiger partial charge in [0.15, 0.2) is 0 Å². The van der Waals surface area contributed by atoms with Crippen LogP contribution in [0, 0.1) is 6.92 Å². The fourth-order valence-corrected chi connectivity index (χ4v) is 2.70. The number of phenolic OH excluding ortho intramolecular Hbond substituents is 1. The lowest BCUT2D eigenvalue weighted by Gasteiger charge is -2.29. The molecule has 2 rings (SSSR count). The molecule has 0 radical (unpaired) electrons. The van der Waals surface area contributed by atoms with Crippen molar-refractivity contribution in [1.29, 1.82) is 0 Å². The van der Waals surface area contributed by atoms with Crippen LogP contribution in [0.5, 0.6) is 5.75 Å². The van der Waals surface area contributed by atoms with Crippen molar-refractivity contribution in [3.8, 4) is 5.75 Å². The van der Waals surface area contributed by atoms with Crippen LogP contribution < -0.4 is 5.73 Å². The van der Waals surface area contributed by atoms with Crippen molar-refractivity contribution in [2.45, 2.75) is 38.6 Å². The van der Waals surface area contributed by atoms with Crippen LogP contribution in [0.4, 0.5) is 0 Å². The zero-order valence-corrected chi connectivity index (χ0v) is 11.4. The van der Waals surface area contributed by atoms with Gasteiger partial charge in [-0.25, -0.2) is 0 Å². The first kappa shape index (κ1) is 13.9. The Labute approximate surface area is 114 Å². The monoisotopic (exact) mass is 262 g/mol. The van der Waals surface area contributed by atoms with Gasteiger partial charge in [-0.2, -0.15) is 0 Å². The molecule has 1 amide bonds. The van der Waals surface area contributed by atoms with E-state index in [0.29, 0.717) is 17.7 Å². The van der Waals surface area contributed by atoms with Gasteiger partial charge in [-0.05, 0) is 31.9 Å². The maximum Gasteiger partial charge on any atom is 0.254 e. The number of nitrogens with zero attached hydrogens (tertiary/aromatic N) is 1. The minimum atomic E-state index is -0.00856. The smallest absolute Gasteiger partial charge is 0.254 e. The first-order valence-corrected chi connectivity index (χ1v) is 6.94. The molecule has 1 aliphatic rings. The van der Waals surface area contributed by atoms with Crippen LogP contribution in [0.1, 0.15) is 41.6 Å². The molecule has 1 atom stereocenters. The molecule has 1 aromatic carbocycles. The van der Waals surface area contributed by atoms with E-state index in [4.69, 9.17) is 5.73 Å². The molecule has 1 aliphatic heterocycles. The second-order valence-electron chi connectivity index (χ2n) is 5.19. The van der Waals surface area contributed by atoms with Crippen LogP contribution >= 0.6 is 0 Å². The maximum absolute atomic E-state index is 12.7. The Morgan fingerprint density at radius 2 is 2.21 bits per heavy atom. The number of carbonyl (C=O) groups is 1. The van der Waals surface area contributed by atoms with E-state index < -0.39 is 0 Å². The van der Waals surface area contributed by atoms with Crippen molar-refractivity contribution in [3.05, 3.63) is 29.3 Å². The molecule has 0 aromatic heterocycles. The number of hydrogen-bond acceptors (Lipinski definition) is 3. The lowest BCUT2D eigenvalue weighted by atomic mass is 10.0. The first-order valence-electron chi connectivity index (χ1n) is 6.94. The molecule has 4 nitrogen and oxygen atoms in total. The summed E-state index contributed by atoms with van der Waals surface area (Å²) in [6.07, 6.45) is 4.28. The molecular weight excluding hydrogens is 240 g/mol. The van der Waals surface area contributed by atoms with E-state index in [9.17, 15) is 9.90 Å². The third-order valence-corrected chi connectivity index (χ3v) is 3.95. The highest BCUT2D eigenvalue weighted by atomic mass is 16.3. The number of nitrogens with two attached hydrogens (primary N) is 1. The summed E-state index contributed by atoms with van der Waals surface area (Å²) in [4.78, 5) is 14.5. The largest absolute Gasteiger partial charge is 0.508 e. The van der Waals surface area contributed by atoms with Gasteiger partial charge in [0.1, 0.15) is 5.75 Å². The van der Waals surface area contributed by atoms with E-state index in [1.807, 2.05) is 4.90 Å². The Kier molecular flexibility index (Phi) is 4.43. The van der Waals surface area contributed by atoms with Crippen molar-refractivity contribution in [2.75, 3.05) is 13.1 Å². The third-order valence-electron chi connectivity index (χ3n) is 3.95. The minimum absolute atomic E-state index is 0.00856. The third kappa shape index (κ3) is 2.89. The summed E-state index contributed by atoms with van der Waals surface area (Å²) in [5, 5.41) is 9.73. The summed E-state index contributed by atoms with van der Waals surface area (Å²) in [6, 6.07) is 5.21. The van der Waals surface area contributed by atoms with Gasteiger partial charge in [0.25, 0.3) is 5.91 Å². The predicted octanol–water partition coefficient (Wildman–Crippen LogP) is 2.04. The molecule has 1 fully saturated rings. The summed E-state index contributed by atoms with van der Waals surface area (Å²) in [5.74, 6) is 0.163. The van der Waals surface area contributed by atoms with Gasteiger partial charge >= 0.3 is 0 Å². The Morgan fingerprint density at radius 1 is 1.42 bits per heavy atom. The van der Waals surface area contributed by atoms with Crippen LogP contribution in [0.15, 0.2) is 18.2 Å². The van der Waals surface area contributed by atoms with E-state index in [2.05, 4.69) is 0 Å². The van der Waals surface area contributed by atoms with Crippen molar-refractivity contribution >= 4 is 5.91 Å². The lowest BCUT2D eigenvalue weighted by molar-refractivity contribution is 0.0688. The zero-order valence-electron chi connectivity index (χ0n) is 11.4. The maximum atomic E-state index is 12.7. The van der Waals surface area contributed by atoms with Crippen molar-refractivity contribution in [1.82, 2.24) is 4.90 Å². The van der Waals surface area contributed by atoms with Gasteiger partial charge in [0.2, 0.25) is 0 Å². The summed E-state index contributed by atoms with van der Waals surface area (Å²) in [7, 11) is 0. The number of phenols is 1. The number of rotatable bonds is 2. The van der Waals surface area contributed by atoms with Gasteiger partial charge in [-0.15, -0.1) is 0 Å². The summed E-state index contributed by atoms with van der Waals surface area (Å²) in [6.45, 7) is 3.04. The van der Waals surface area contributed by atoms with Gasteiger partial charge in [0.05, 0.1) is 0 Å². The fourth-order valence-electron chi connectivity index (χ4n) is 2.70. The lowest BCUT2D eigenvalue weighted by Crippen LogP contribution is -2.44. The number of hydrogen-bond donors (Lipinski definition) is 2. The summed E-state index contributed by atoms with van der Waals surface area (Å²) < 4.78 is 0. The molecular formula is C15H22N2O2. The predicted molar refractivity (Wildman–Crippen MR) is 75.2 cm³/mol. The van der Waals surface area contributed by atoms with Crippen molar-refractivity contribution in [2.24, 2.45) is 5.73 Å². The van der Waals surface area contributed by atoms with E-state index in [1.165, 1.54) is 0 Å². The molecule has 1 aromatic rings. The van der Waals surface area contributed by atoms with Crippen LogP contribution in [0.2, 0.25) is 0 Å². The second-order valence-corrected chi connectivity index (χ2v) is 5.19. The van der Waals surface area contributed by atoms with Gasteiger partial charge in [0, 0.05) is 30.3 Å². The molecule has 1 heterocycles. The van der Waals surface area contributed by atoms with E-state index in [1.54, 1.807) is 25.1 Å². The highest BCUT2D eigenvalue weighted by Gasteiger charge is 2.26. The molecule has 4 heteroatoms. The van der Waals surface area contributed by atoms with Crippen LogP contribution in [0.3, 0.4) is 0 Å². The molecule has 1 saturated heterocycles. The fraction of sp³-hybridized carbons (Fsp3) is 0.533. The average molecular weight is 262 g/mol. The Bertz CT molecular complexity index is 459. The average Bonchev–Trinajstić information content (AvgIpc) is 2.66. The number of benzene rings is 1. The van der Waals surface area contributed by atoms with Crippen molar-refractivity contribution < 1.29 is 9.90 Å². The molecule has 19 heavy (non-hydrogen) atoms. The van der Waals surface area contributed by atoms with E-state index in [0.717, 1.165) is 32.2 Å². The molecule has 0 aliphatic carbocycles. The Morgan fingerprint density at radius 3 is 2.95 bits per heavy atom. The molecule has 0 saturated carbocycles. The van der Waals surface area contributed by atoms with Crippen molar-refractivity contribution in [3.63, 3.8) is 0 Å². The number of aromatic hydroxyl groups is 1. The second kappa shape index (κ2) is 6.06. The standard InChI is InChI=1S/C15H22N2O2/c1-11-13(7-5-8-14(11)18)15(19)17-9-4-2-3-6-12(17)10-16/h5,7-8,12,18H,2-4,6,9-10,16H2,1H3. The van der Waals surface area contributed by atoms with Gasteiger partial charge < -0.3 is 15.7 Å². The first-order chi connectivity index (χ1) is 9.15. The van der Waals surface area contributed by atoms with E-state index >= 15 is 0 Å². The molecule has 0 bridgehead atoms. The molecule has 1 unspecified atom stereocenters. The molecule has 104 valence electrons. The molecule has 3 N–H and O–H groups in total.